The second-order valence-electron chi connectivity index (χ2n) is 4.28. The van der Waals surface area contributed by atoms with Gasteiger partial charge in [0.15, 0.2) is 0 Å². The molecule has 2 aromatic rings. The molecule has 0 heterocycles. The Hall–Kier alpha value is -2.06. The van der Waals surface area contributed by atoms with Gasteiger partial charge in [-0.1, -0.05) is 24.3 Å². The number of nitrogens with one attached hydrogen (secondary N) is 1. The highest BCUT2D eigenvalue weighted by molar-refractivity contribution is 7.89. The zero-order chi connectivity index (χ0) is 16.2. The van der Waals surface area contributed by atoms with E-state index in [1.807, 2.05) is 0 Å². The molecule has 4 nitrogen and oxygen atoms in total. The molecule has 0 saturated carbocycles. The van der Waals surface area contributed by atoms with Crippen LogP contribution in [0.4, 0.5) is 13.2 Å². The Morgan fingerprint density at radius 3 is 2.27 bits per heavy atom. The van der Waals surface area contributed by atoms with Crippen molar-refractivity contribution in [1.82, 2.24) is 4.72 Å². The Morgan fingerprint density at radius 2 is 1.68 bits per heavy atom. The topological polar surface area (TPSA) is 55.4 Å². The van der Waals surface area contributed by atoms with Crippen molar-refractivity contribution in [3.63, 3.8) is 0 Å². The third-order valence-corrected chi connectivity index (χ3v) is 4.18. The van der Waals surface area contributed by atoms with Crippen molar-refractivity contribution in [3.05, 3.63) is 59.9 Å². The second-order valence-corrected chi connectivity index (χ2v) is 6.01. The number of rotatable bonds is 6. The first-order valence-corrected chi connectivity index (χ1v) is 7.65. The summed E-state index contributed by atoms with van der Waals surface area (Å²) >= 11 is 0. The first-order chi connectivity index (χ1) is 10.4. The average Bonchev–Trinajstić information content (AvgIpc) is 2.46. The van der Waals surface area contributed by atoms with Crippen LogP contribution in [-0.4, -0.2) is 15.0 Å². The molecule has 118 valence electrons. The van der Waals surface area contributed by atoms with Gasteiger partial charge in [0.05, 0.1) is 0 Å². The van der Waals surface area contributed by atoms with Gasteiger partial charge in [-0.2, -0.15) is 8.78 Å². The van der Waals surface area contributed by atoms with Gasteiger partial charge in [-0.25, -0.2) is 17.5 Å². The fourth-order valence-electron chi connectivity index (χ4n) is 1.71. The van der Waals surface area contributed by atoms with Gasteiger partial charge in [0, 0.05) is 6.54 Å². The molecule has 0 bridgehead atoms. The molecule has 0 aliphatic rings. The third kappa shape index (κ3) is 4.22. The highest BCUT2D eigenvalue weighted by Gasteiger charge is 2.17. The Labute approximate surface area is 125 Å². The van der Waals surface area contributed by atoms with E-state index in [2.05, 4.69) is 9.46 Å². The average molecular weight is 331 g/mol. The number of alkyl halides is 2. The maximum absolute atomic E-state index is 13.5. The van der Waals surface area contributed by atoms with Gasteiger partial charge >= 0.3 is 6.61 Å². The zero-order valence-corrected chi connectivity index (χ0v) is 12.0. The monoisotopic (exact) mass is 331 g/mol. The van der Waals surface area contributed by atoms with Gasteiger partial charge < -0.3 is 4.74 Å². The number of hydrogen-bond acceptors (Lipinski definition) is 3. The highest BCUT2D eigenvalue weighted by Crippen LogP contribution is 2.16. The van der Waals surface area contributed by atoms with Crippen LogP contribution in [0, 0.1) is 5.82 Å². The van der Waals surface area contributed by atoms with Gasteiger partial charge in [-0.05, 0) is 29.8 Å². The van der Waals surface area contributed by atoms with Crippen molar-refractivity contribution in [3.8, 4) is 5.75 Å². The van der Waals surface area contributed by atoms with Crippen molar-refractivity contribution in [1.29, 1.82) is 0 Å². The van der Waals surface area contributed by atoms with Crippen LogP contribution in [0.5, 0.6) is 5.75 Å². The Balaban J connectivity index is 2.05. The minimum Gasteiger partial charge on any atom is -0.435 e. The SMILES string of the molecule is O=S(=O)(NCc1ccc(OC(F)F)cc1)c1ccccc1F. The fraction of sp³-hybridized carbons (Fsp3) is 0.143. The van der Waals surface area contributed by atoms with E-state index in [0.29, 0.717) is 5.56 Å². The molecule has 1 N–H and O–H groups in total. The van der Waals surface area contributed by atoms with Gasteiger partial charge in [-0.3, -0.25) is 0 Å². The number of benzene rings is 2. The molecule has 0 atom stereocenters. The Morgan fingerprint density at radius 1 is 1.05 bits per heavy atom. The largest absolute Gasteiger partial charge is 0.435 e. The summed E-state index contributed by atoms with van der Waals surface area (Å²) in [6.45, 7) is -3.03. The molecule has 2 rings (SSSR count). The predicted octanol–water partition coefficient (Wildman–Crippen LogP) is 2.91. The van der Waals surface area contributed by atoms with Crippen molar-refractivity contribution in [2.24, 2.45) is 0 Å². The standard InChI is InChI=1S/C14H12F3NO3S/c15-12-3-1-2-4-13(12)22(19,20)18-9-10-5-7-11(8-6-10)21-14(16)17/h1-8,14,18H,9H2. The van der Waals surface area contributed by atoms with E-state index in [9.17, 15) is 21.6 Å². The normalized spacial score (nSPS) is 11.6. The number of sulfonamides is 1. The summed E-state index contributed by atoms with van der Waals surface area (Å²) in [5.74, 6) is -0.883. The summed E-state index contributed by atoms with van der Waals surface area (Å²) in [5, 5.41) is 0. The summed E-state index contributed by atoms with van der Waals surface area (Å²) in [4.78, 5) is -0.451. The van der Waals surface area contributed by atoms with E-state index in [0.717, 1.165) is 12.1 Å². The lowest BCUT2D eigenvalue weighted by atomic mass is 10.2. The lowest BCUT2D eigenvalue weighted by molar-refractivity contribution is -0.0498. The highest BCUT2D eigenvalue weighted by atomic mass is 32.2. The lowest BCUT2D eigenvalue weighted by Gasteiger charge is -2.08. The smallest absolute Gasteiger partial charge is 0.387 e. The molecule has 0 saturated heterocycles. The van der Waals surface area contributed by atoms with E-state index in [-0.39, 0.29) is 12.3 Å². The molecule has 22 heavy (non-hydrogen) atoms. The minimum absolute atomic E-state index is 0.0317. The van der Waals surface area contributed by atoms with E-state index >= 15 is 0 Å². The summed E-state index contributed by atoms with van der Waals surface area (Å²) < 4.78 is 67.8. The number of hydrogen-bond donors (Lipinski definition) is 1. The van der Waals surface area contributed by atoms with Crippen LogP contribution in [-0.2, 0) is 16.6 Å². The van der Waals surface area contributed by atoms with E-state index in [1.165, 1.54) is 36.4 Å². The van der Waals surface area contributed by atoms with Crippen LogP contribution < -0.4 is 9.46 Å². The molecule has 0 radical (unpaired) electrons. The zero-order valence-electron chi connectivity index (χ0n) is 11.2. The molecule has 2 aromatic carbocycles. The number of ether oxygens (including phenoxy) is 1. The molecule has 0 spiro atoms. The van der Waals surface area contributed by atoms with Gasteiger partial charge in [0.25, 0.3) is 0 Å². The van der Waals surface area contributed by atoms with Crippen molar-refractivity contribution in [2.75, 3.05) is 0 Å². The summed E-state index contributed by atoms with van der Waals surface area (Å²) in [5.41, 5.74) is 0.515. The van der Waals surface area contributed by atoms with Crippen LogP contribution in [0.15, 0.2) is 53.4 Å². The van der Waals surface area contributed by atoms with Crippen molar-refractivity contribution >= 4 is 10.0 Å². The van der Waals surface area contributed by atoms with Gasteiger partial charge in [-0.15, -0.1) is 0 Å². The van der Waals surface area contributed by atoms with Crippen molar-refractivity contribution in [2.45, 2.75) is 18.1 Å². The summed E-state index contributed by atoms with van der Waals surface area (Å²) in [6.07, 6.45) is 0. The fourth-order valence-corrected chi connectivity index (χ4v) is 2.80. The summed E-state index contributed by atoms with van der Waals surface area (Å²) in [6, 6.07) is 10.4. The van der Waals surface area contributed by atoms with Crippen LogP contribution in [0.3, 0.4) is 0 Å². The molecule has 0 aromatic heterocycles. The molecule has 0 aliphatic heterocycles. The molecule has 0 amide bonds. The van der Waals surface area contributed by atoms with Crippen LogP contribution in [0.1, 0.15) is 5.56 Å². The van der Waals surface area contributed by atoms with Crippen molar-refractivity contribution < 1.29 is 26.3 Å². The van der Waals surface area contributed by atoms with Crippen LogP contribution in [0.2, 0.25) is 0 Å². The quantitative estimate of drug-likeness (QED) is 0.885. The molecule has 0 unspecified atom stereocenters. The first-order valence-electron chi connectivity index (χ1n) is 6.16. The lowest BCUT2D eigenvalue weighted by Crippen LogP contribution is -2.24. The van der Waals surface area contributed by atoms with Gasteiger partial charge in [0.2, 0.25) is 10.0 Å². The van der Waals surface area contributed by atoms with E-state index < -0.39 is 27.3 Å². The van der Waals surface area contributed by atoms with Gasteiger partial charge in [0.1, 0.15) is 16.5 Å². The second kappa shape index (κ2) is 6.80. The first kappa shape index (κ1) is 16.3. The molecular formula is C14H12F3NO3S. The Kier molecular flexibility index (Phi) is 5.04. The third-order valence-electron chi connectivity index (χ3n) is 2.74. The van der Waals surface area contributed by atoms with E-state index in [4.69, 9.17) is 0 Å². The molecule has 0 aliphatic carbocycles. The van der Waals surface area contributed by atoms with Crippen LogP contribution >= 0.6 is 0 Å². The summed E-state index contributed by atoms with van der Waals surface area (Å²) in [7, 11) is -3.99. The van der Waals surface area contributed by atoms with E-state index in [1.54, 1.807) is 0 Å². The minimum atomic E-state index is -3.99. The number of halogens is 3. The maximum atomic E-state index is 13.5. The Bertz CT molecular complexity index is 733. The molecule has 8 heteroatoms. The molecule has 0 fully saturated rings. The van der Waals surface area contributed by atoms with Crippen LogP contribution in [0.25, 0.3) is 0 Å². The predicted molar refractivity (Wildman–Crippen MR) is 73.5 cm³/mol. The molecular weight excluding hydrogens is 319 g/mol. The maximum Gasteiger partial charge on any atom is 0.387 e.